The Kier molecular flexibility index (Phi) is 3.94. The van der Waals surface area contributed by atoms with Gasteiger partial charge < -0.3 is 5.73 Å². The number of hydrogen-bond donors (Lipinski definition) is 1. The zero-order chi connectivity index (χ0) is 12.4. The van der Waals surface area contributed by atoms with E-state index in [0.29, 0.717) is 6.04 Å². The molecule has 100 valence electrons. The van der Waals surface area contributed by atoms with Gasteiger partial charge in [0, 0.05) is 42.8 Å². The second-order valence-electron chi connectivity index (χ2n) is 5.52. The van der Waals surface area contributed by atoms with Crippen LogP contribution < -0.4 is 5.73 Å². The van der Waals surface area contributed by atoms with Gasteiger partial charge in [0.25, 0.3) is 0 Å². The van der Waals surface area contributed by atoms with Gasteiger partial charge >= 0.3 is 0 Å². The maximum absolute atomic E-state index is 5.97. The van der Waals surface area contributed by atoms with E-state index >= 15 is 0 Å². The Bertz CT molecular complexity index is 359. The first kappa shape index (κ1) is 12.5. The predicted molar refractivity (Wildman–Crippen MR) is 74.6 cm³/mol. The fourth-order valence-electron chi connectivity index (χ4n) is 3.08. The number of rotatable bonds is 3. The molecule has 0 aromatic carbocycles. The van der Waals surface area contributed by atoms with Gasteiger partial charge in [-0.25, -0.2) is 0 Å². The van der Waals surface area contributed by atoms with E-state index in [1.807, 2.05) is 11.7 Å². The minimum Gasteiger partial charge on any atom is -0.328 e. The Morgan fingerprint density at radius 3 is 2.83 bits per heavy atom. The second kappa shape index (κ2) is 5.65. The minimum absolute atomic E-state index is 0.441. The molecular formula is C13H22N4S. The summed E-state index contributed by atoms with van der Waals surface area (Å²) in [7, 11) is 0. The van der Waals surface area contributed by atoms with Crippen molar-refractivity contribution in [3.63, 3.8) is 0 Å². The average molecular weight is 266 g/mol. The van der Waals surface area contributed by atoms with E-state index in [1.54, 1.807) is 11.3 Å². The van der Waals surface area contributed by atoms with Gasteiger partial charge in [-0.15, -0.1) is 11.3 Å². The lowest BCUT2D eigenvalue weighted by Gasteiger charge is -2.34. The van der Waals surface area contributed by atoms with Crippen LogP contribution in [0.2, 0.25) is 0 Å². The van der Waals surface area contributed by atoms with Crippen LogP contribution in [-0.4, -0.2) is 53.0 Å². The van der Waals surface area contributed by atoms with E-state index in [9.17, 15) is 0 Å². The first-order valence-corrected chi connectivity index (χ1v) is 7.78. The number of piperidine rings is 1. The Hall–Kier alpha value is -0.490. The van der Waals surface area contributed by atoms with Crippen molar-refractivity contribution < 1.29 is 0 Å². The molecule has 18 heavy (non-hydrogen) atoms. The Morgan fingerprint density at radius 1 is 1.28 bits per heavy atom. The molecule has 0 aliphatic carbocycles. The highest BCUT2D eigenvalue weighted by molar-refractivity contribution is 7.09. The first-order chi connectivity index (χ1) is 8.81. The molecule has 3 heterocycles. The molecule has 0 amide bonds. The molecule has 2 aliphatic rings. The van der Waals surface area contributed by atoms with Gasteiger partial charge in [-0.05, 0) is 32.4 Å². The highest BCUT2D eigenvalue weighted by atomic mass is 32.1. The fourth-order valence-corrected chi connectivity index (χ4v) is 3.71. The summed E-state index contributed by atoms with van der Waals surface area (Å²) in [6, 6.07) is 1.20. The molecule has 1 aromatic rings. The van der Waals surface area contributed by atoms with Crippen molar-refractivity contribution in [3.8, 4) is 0 Å². The minimum atomic E-state index is 0.441. The summed E-state index contributed by atoms with van der Waals surface area (Å²) >= 11 is 1.76. The highest BCUT2D eigenvalue weighted by Gasteiger charge is 2.29. The van der Waals surface area contributed by atoms with Crippen LogP contribution in [0.5, 0.6) is 0 Å². The maximum atomic E-state index is 5.97. The van der Waals surface area contributed by atoms with E-state index in [2.05, 4.69) is 14.8 Å². The number of nitrogens with two attached hydrogens (primary N) is 1. The number of nitrogens with zero attached hydrogens (tertiary/aromatic N) is 3. The van der Waals surface area contributed by atoms with Crippen LogP contribution in [0.15, 0.2) is 11.7 Å². The summed E-state index contributed by atoms with van der Waals surface area (Å²) in [5.41, 5.74) is 7.90. The number of thiazole rings is 1. The molecule has 0 bridgehead atoms. The summed E-state index contributed by atoms with van der Waals surface area (Å²) in [5, 5.41) is 0. The van der Waals surface area contributed by atoms with Gasteiger partial charge in [-0.1, -0.05) is 0 Å². The maximum Gasteiger partial charge on any atom is 0.0794 e. The van der Waals surface area contributed by atoms with Crippen molar-refractivity contribution in [1.82, 2.24) is 14.8 Å². The molecule has 3 rings (SSSR count). The van der Waals surface area contributed by atoms with Crippen LogP contribution in [0.4, 0.5) is 0 Å². The van der Waals surface area contributed by atoms with Crippen LogP contribution in [0.3, 0.4) is 0 Å². The second-order valence-corrected chi connectivity index (χ2v) is 6.49. The normalized spacial score (nSPS) is 27.9. The van der Waals surface area contributed by atoms with Gasteiger partial charge in [0.05, 0.1) is 5.51 Å². The van der Waals surface area contributed by atoms with Gasteiger partial charge in [0.1, 0.15) is 0 Å². The SMILES string of the molecule is NC1CCN(C2CCN(Cc3cncs3)C2)CC1. The summed E-state index contributed by atoms with van der Waals surface area (Å²) < 4.78 is 0. The summed E-state index contributed by atoms with van der Waals surface area (Å²) in [6.07, 6.45) is 5.66. The first-order valence-electron chi connectivity index (χ1n) is 6.90. The lowest BCUT2D eigenvalue weighted by molar-refractivity contribution is 0.151. The molecule has 2 saturated heterocycles. The van der Waals surface area contributed by atoms with Crippen LogP contribution in [-0.2, 0) is 6.54 Å². The van der Waals surface area contributed by atoms with Crippen LogP contribution in [0.25, 0.3) is 0 Å². The van der Waals surface area contributed by atoms with Crippen molar-refractivity contribution in [2.75, 3.05) is 26.2 Å². The van der Waals surface area contributed by atoms with Crippen molar-refractivity contribution >= 4 is 11.3 Å². The molecule has 2 fully saturated rings. The fraction of sp³-hybridized carbons (Fsp3) is 0.769. The lowest BCUT2D eigenvalue weighted by Crippen LogP contribution is -2.45. The Balaban J connectivity index is 1.49. The van der Waals surface area contributed by atoms with Crippen LogP contribution >= 0.6 is 11.3 Å². The highest BCUT2D eigenvalue weighted by Crippen LogP contribution is 2.22. The molecule has 1 atom stereocenters. The molecule has 0 spiro atoms. The predicted octanol–water partition coefficient (Wildman–Crippen LogP) is 1.14. The summed E-state index contributed by atoms with van der Waals surface area (Å²) in [5.74, 6) is 0. The van der Waals surface area contributed by atoms with Crippen molar-refractivity contribution in [1.29, 1.82) is 0 Å². The zero-order valence-electron chi connectivity index (χ0n) is 10.8. The summed E-state index contributed by atoms with van der Waals surface area (Å²) in [4.78, 5) is 10.7. The number of hydrogen-bond acceptors (Lipinski definition) is 5. The monoisotopic (exact) mass is 266 g/mol. The van der Waals surface area contributed by atoms with Crippen molar-refractivity contribution in [3.05, 3.63) is 16.6 Å². The molecule has 1 unspecified atom stereocenters. The van der Waals surface area contributed by atoms with Gasteiger partial charge in [0.15, 0.2) is 0 Å². The third-order valence-electron chi connectivity index (χ3n) is 4.20. The summed E-state index contributed by atoms with van der Waals surface area (Å²) in [6.45, 7) is 5.91. The van der Waals surface area contributed by atoms with Crippen LogP contribution in [0.1, 0.15) is 24.1 Å². The van der Waals surface area contributed by atoms with Crippen LogP contribution in [0, 0.1) is 0 Å². The van der Waals surface area contributed by atoms with Crippen molar-refractivity contribution in [2.24, 2.45) is 5.73 Å². The Morgan fingerprint density at radius 2 is 2.11 bits per heavy atom. The van der Waals surface area contributed by atoms with Gasteiger partial charge in [0.2, 0.25) is 0 Å². The smallest absolute Gasteiger partial charge is 0.0794 e. The molecule has 1 aromatic heterocycles. The standard InChI is InChI=1S/C13H22N4S/c14-11-1-5-17(6-2-11)12-3-4-16(8-12)9-13-7-15-10-18-13/h7,10-12H,1-6,8-9,14H2. The molecule has 2 N–H and O–H groups in total. The lowest BCUT2D eigenvalue weighted by atomic mass is 10.0. The van der Waals surface area contributed by atoms with Gasteiger partial charge in [-0.2, -0.15) is 0 Å². The molecule has 5 heteroatoms. The molecule has 4 nitrogen and oxygen atoms in total. The van der Waals surface area contributed by atoms with Gasteiger partial charge in [-0.3, -0.25) is 14.8 Å². The van der Waals surface area contributed by atoms with E-state index in [4.69, 9.17) is 5.73 Å². The topological polar surface area (TPSA) is 45.4 Å². The van der Waals surface area contributed by atoms with E-state index in [1.165, 1.54) is 50.3 Å². The van der Waals surface area contributed by atoms with E-state index < -0.39 is 0 Å². The molecule has 2 aliphatic heterocycles. The van der Waals surface area contributed by atoms with E-state index in [-0.39, 0.29) is 0 Å². The molecule has 0 saturated carbocycles. The molecular weight excluding hydrogens is 244 g/mol. The van der Waals surface area contributed by atoms with Crippen molar-refractivity contribution in [2.45, 2.75) is 37.9 Å². The Labute approximate surface area is 113 Å². The zero-order valence-corrected chi connectivity index (χ0v) is 11.6. The third-order valence-corrected chi connectivity index (χ3v) is 4.97. The average Bonchev–Trinajstić information content (AvgIpc) is 3.02. The number of aromatic nitrogens is 1. The molecule has 0 radical (unpaired) electrons. The number of likely N-dealkylation sites (tertiary alicyclic amines) is 2. The van der Waals surface area contributed by atoms with E-state index in [0.717, 1.165) is 12.6 Å². The largest absolute Gasteiger partial charge is 0.328 e. The quantitative estimate of drug-likeness (QED) is 0.891. The third kappa shape index (κ3) is 2.91.